The van der Waals surface area contributed by atoms with E-state index in [1.165, 1.54) is 18.4 Å². The quantitative estimate of drug-likeness (QED) is 0.809. The summed E-state index contributed by atoms with van der Waals surface area (Å²) in [4.78, 5) is 29.3. The van der Waals surface area contributed by atoms with Crippen LogP contribution in [0.3, 0.4) is 0 Å². The molecule has 8 heteroatoms. The Kier molecular flexibility index (Phi) is 5.33. The van der Waals surface area contributed by atoms with E-state index in [0.29, 0.717) is 24.4 Å². The highest BCUT2D eigenvalue weighted by Gasteiger charge is 2.21. The summed E-state index contributed by atoms with van der Waals surface area (Å²) in [7, 11) is 2.02. The van der Waals surface area contributed by atoms with Gasteiger partial charge in [0.05, 0.1) is 5.39 Å². The summed E-state index contributed by atoms with van der Waals surface area (Å²) >= 11 is 0. The van der Waals surface area contributed by atoms with Crippen molar-refractivity contribution in [2.24, 2.45) is 0 Å². The molecule has 1 aromatic carbocycles. The van der Waals surface area contributed by atoms with E-state index in [0.717, 1.165) is 13.1 Å². The van der Waals surface area contributed by atoms with Crippen molar-refractivity contribution in [1.29, 1.82) is 5.26 Å². The van der Waals surface area contributed by atoms with Crippen molar-refractivity contribution in [3.63, 3.8) is 0 Å². The average molecular weight is 371 g/mol. The van der Waals surface area contributed by atoms with Crippen molar-refractivity contribution < 1.29 is 19.1 Å². The van der Waals surface area contributed by atoms with Gasteiger partial charge in [0.25, 0.3) is 6.26 Å². The standard InChI is InChI=1S/C19H21N3O5/c1-12-13(4-6-16(24)22-9-7-21(2)8-10-22)17(25)14-3-5-15(23)19(26-11-20)18(14)27-12/h3,5,23H,4,6-10H2,1-2H3. The molecule has 1 aliphatic heterocycles. The Morgan fingerprint density at radius 2 is 2.04 bits per heavy atom. The topological polar surface area (TPSA) is 107 Å². The van der Waals surface area contributed by atoms with Crippen molar-refractivity contribution in [3.05, 3.63) is 33.7 Å². The summed E-state index contributed by atoms with van der Waals surface area (Å²) in [6.45, 7) is 4.68. The van der Waals surface area contributed by atoms with Gasteiger partial charge in [-0.2, -0.15) is 0 Å². The fourth-order valence-electron chi connectivity index (χ4n) is 3.25. The van der Waals surface area contributed by atoms with Gasteiger partial charge in [0.2, 0.25) is 11.7 Å². The highest BCUT2D eigenvalue weighted by molar-refractivity contribution is 5.86. The zero-order valence-corrected chi connectivity index (χ0v) is 15.3. The maximum absolute atomic E-state index is 12.8. The van der Waals surface area contributed by atoms with Crippen molar-refractivity contribution in [2.75, 3.05) is 33.2 Å². The lowest BCUT2D eigenvalue weighted by Gasteiger charge is -2.32. The number of carbonyl (C=O) groups excluding carboxylic acids is 1. The van der Waals surface area contributed by atoms with E-state index in [-0.39, 0.29) is 46.6 Å². The van der Waals surface area contributed by atoms with Gasteiger partial charge in [0.15, 0.2) is 16.8 Å². The Morgan fingerprint density at radius 1 is 1.33 bits per heavy atom. The minimum Gasteiger partial charge on any atom is -0.504 e. The van der Waals surface area contributed by atoms with Crippen molar-refractivity contribution >= 4 is 16.9 Å². The molecular formula is C19H21N3O5. The summed E-state index contributed by atoms with van der Waals surface area (Å²) in [6, 6.07) is 2.70. The van der Waals surface area contributed by atoms with Crippen LogP contribution in [0.1, 0.15) is 17.7 Å². The number of aromatic hydroxyl groups is 1. The maximum Gasteiger partial charge on any atom is 0.292 e. The van der Waals surface area contributed by atoms with Crippen molar-refractivity contribution in [2.45, 2.75) is 19.8 Å². The number of aryl methyl sites for hydroxylation is 1. The van der Waals surface area contributed by atoms with Gasteiger partial charge in [0, 0.05) is 38.2 Å². The number of amides is 1. The van der Waals surface area contributed by atoms with E-state index in [1.54, 1.807) is 6.92 Å². The SMILES string of the molecule is Cc1oc2c(OC#N)c(O)ccc2c(=O)c1CCC(=O)N1CCN(C)CC1. The Bertz CT molecular complexity index is 968. The van der Waals surface area contributed by atoms with Crippen LogP contribution in [0, 0.1) is 18.4 Å². The number of hydrogen-bond acceptors (Lipinski definition) is 7. The van der Waals surface area contributed by atoms with Gasteiger partial charge in [-0.15, -0.1) is 5.26 Å². The number of nitriles is 1. The smallest absolute Gasteiger partial charge is 0.292 e. The number of ether oxygens (including phenoxy) is 1. The summed E-state index contributed by atoms with van der Waals surface area (Å²) in [5.74, 6) is -0.117. The van der Waals surface area contributed by atoms with Crippen LogP contribution in [0.2, 0.25) is 0 Å². The van der Waals surface area contributed by atoms with Crippen LogP contribution >= 0.6 is 0 Å². The number of phenolic OH excluding ortho intramolecular Hbond substituents is 1. The predicted octanol–water partition coefficient (Wildman–Crippen LogP) is 1.37. The first-order chi connectivity index (χ1) is 12.9. The zero-order valence-electron chi connectivity index (χ0n) is 15.3. The predicted molar refractivity (Wildman–Crippen MR) is 97.5 cm³/mol. The number of hydrogen-bond donors (Lipinski definition) is 1. The molecule has 2 aromatic rings. The lowest BCUT2D eigenvalue weighted by atomic mass is 10.0. The van der Waals surface area contributed by atoms with E-state index in [1.807, 2.05) is 11.9 Å². The third kappa shape index (κ3) is 3.73. The lowest BCUT2D eigenvalue weighted by Crippen LogP contribution is -2.47. The number of piperazine rings is 1. The first-order valence-corrected chi connectivity index (χ1v) is 8.73. The zero-order chi connectivity index (χ0) is 19.6. The van der Waals surface area contributed by atoms with Gasteiger partial charge >= 0.3 is 0 Å². The van der Waals surface area contributed by atoms with Gasteiger partial charge in [-0.1, -0.05) is 0 Å². The molecule has 0 spiro atoms. The van der Waals surface area contributed by atoms with E-state index in [2.05, 4.69) is 4.90 Å². The number of fused-ring (bicyclic) bond motifs is 1. The molecule has 1 aliphatic rings. The molecule has 1 N–H and O–H groups in total. The van der Waals surface area contributed by atoms with Gasteiger partial charge in [-0.3, -0.25) is 9.59 Å². The molecule has 0 bridgehead atoms. The number of nitrogens with zero attached hydrogens (tertiary/aromatic N) is 3. The first kappa shape index (κ1) is 18.7. The summed E-state index contributed by atoms with van der Waals surface area (Å²) in [5.41, 5.74) is 0.148. The van der Waals surface area contributed by atoms with Crippen LogP contribution in [0.25, 0.3) is 11.0 Å². The second-order valence-corrected chi connectivity index (χ2v) is 6.63. The minimum absolute atomic E-state index is 0.0150. The molecule has 1 amide bonds. The van der Waals surface area contributed by atoms with Crippen molar-refractivity contribution in [3.8, 4) is 17.8 Å². The lowest BCUT2D eigenvalue weighted by molar-refractivity contribution is -0.132. The molecule has 2 heterocycles. The summed E-state index contributed by atoms with van der Waals surface area (Å²) in [6.07, 6.45) is 1.97. The Balaban J connectivity index is 1.85. The normalized spacial score (nSPS) is 14.9. The summed E-state index contributed by atoms with van der Waals surface area (Å²) in [5, 5.41) is 18.8. The van der Waals surface area contributed by atoms with Crippen LogP contribution < -0.4 is 10.2 Å². The van der Waals surface area contributed by atoms with Crippen LogP contribution in [-0.4, -0.2) is 54.0 Å². The highest BCUT2D eigenvalue weighted by atomic mass is 16.5. The average Bonchev–Trinajstić information content (AvgIpc) is 2.64. The van der Waals surface area contributed by atoms with Gasteiger partial charge in [0.1, 0.15) is 5.76 Å². The molecule has 0 unspecified atom stereocenters. The number of carbonyl (C=O) groups is 1. The van der Waals surface area contributed by atoms with Gasteiger partial charge in [-0.05, 0) is 32.5 Å². The number of benzene rings is 1. The molecular weight excluding hydrogens is 350 g/mol. The molecule has 0 atom stereocenters. The fraction of sp³-hybridized carbons (Fsp3) is 0.421. The van der Waals surface area contributed by atoms with Gasteiger partial charge in [-0.25, -0.2) is 0 Å². The van der Waals surface area contributed by atoms with Crippen LogP contribution in [-0.2, 0) is 11.2 Å². The maximum atomic E-state index is 12.8. The Labute approximate surface area is 156 Å². The molecule has 0 radical (unpaired) electrons. The molecule has 3 rings (SSSR count). The monoisotopic (exact) mass is 371 g/mol. The van der Waals surface area contributed by atoms with Crippen LogP contribution in [0.5, 0.6) is 11.5 Å². The summed E-state index contributed by atoms with van der Waals surface area (Å²) < 4.78 is 10.4. The van der Waals surface area contributed by atoms with Gasteiger partial charge < -0.3 is 24.1 Å². The minimum atomic E-state index is -0.289. The third-order valence-corrected chi connectivity index (χ3v) is 4.88. The van der Waals surface area contributed by atoms with Crippen LogP contribution in [0.15, 0.2) is 21.3 Å². The van der Waals surface area contributed by atoms with E-state index in [9.17, 15) is 14.7 Å². The molecule has 0 saturated carbocycles. The second kappa shape index (κ2) is 7.68. The molecule has 1 saturated heterocycles. The Hall–Kier alpha value is -3.05. The third-order valence-electron chi connectivity index (χ3n) is 4.88. The van der Waals surface area contributed by atoms with Crippen LogP contribution in [0.4, 0.5) is 0 Å². The van der Waals surface area contributed by atoms with E-state index >= 15 is 0 Å². The molecule has 1 aromatic heterocycles. The number of likely N-dealkylation sites (N-methyl/N-ethyl adjacent to an activating group) is 1. The first-order valence-electron chi connectivity index (χ1n) is 8.73. The molecule has 142 valence electrons. The Morgan fingerprint density at radius 3 is 2.70 bits per heavy atom. The molecule has 0 aliphatic carbocycles. The number of rotatable bonds is 4. The molecule has 1 fully saturated rings. The number of phenols is 1. The largest absolute Gasteiger partial charge is 0.504 e. The van der Waals surface area contributed by atoms with E-state index in [4.69, 9.17) is 14.4 Å². The van der Waals surface area contributed by atoms with Crippen molar-refractivity contribution in [1.82, 2.24) is 9.80 Å². The molecule has 27 heavy (non-hydrogen) atoms. The highest BCUT2D eigenvalue weighted by Crippen LogP contribution is 2.34. The second-order valence-electron chi connectivity index (χ2n) is 6.63. The fourth-order valence-corrected chi connectivity index (χ4v) is 3.25. The van der Waals surface area contributed by atoms with E-state index < -0.39 is 0 Å². The molecule has 8 nitrogen and oxygen atoms in total.